The molecule has 24 heavy (non-hydrogen) atoms. The van der Waals surface area contributed by atoms with Gasteiger partial charge in [0.2, 0.25) is 11.8 Å². The van der Waals surface area contributed by atoms with Crippen LogP contribution in [0.5, 0.6) is 5.75 Å². The molecule has 2 amide bonds. The minimum atomic E-state index is -0.765. The van der Waals surface area contributed by atoms with E-state index in [0.29, 0.717) is 0 Å². The molecule has 1 saturated carbocycles. The molecule has 2 rings (SSSR count). The topological polar surface area (TPSA) is 78.9 Å². The summed E-state index contributed by atoms with van der Waals surface area (Å²) in [7, 11) is 1.67. The van der Waals surface area contributed by atoms with Gasteiger partial charge in [0.1, 0.15) is 18.0 Å². The summed E-state index contributed by atoms with van der Waals surface area (Å²) in [5.74, 6) is 0.257. The fourth-order valence-electron chi connectivity index (χ4n) is 3.02. The van der Waals surface area contributed by atoms with E-state index in [0.717, 1.165) is 31.4 Å². The molecule has 3 atom stereocenters. The SMILES string of the molecule is CC(=O)NCC(=O)N(C)[C@@H]1CCCC[C@@H](Oc2ccccc2)[C@@H]1O. The lowest BCUT2D eigenvalue weighted by atomic mass is 10.0. The van der Waals surface area contributed by atoms with Crippen LogP contribution in [0.2, 0.25) is 0 Å². The van der Waals surface area contributed by atoms with E-state index in [1.807, 2.05) is 30.3 Å². The van der Waals surface area contributed by atoms with Gasteiger partial charge in [-0.1, -0.05) is 24.6 Å². The predicted octanol–water partition coefficient (Wildman–Crippen LogP) is 1.33. The monoisotopic (exact) mass is 334 g/mol. The second kappa shape index (κ2) is 8.68. The highest BCUT2D eigenvalue weighted by Crippen LogP contribution is 2.26. The quantitative estimate of drug-likeness (QED) is 0.796. The Morgan fingerprint density at radius 1 is 1.25 bits per heavy atom. The third-order valence-electron chi connectivity index (χ3n) is 4.42. The number of carbonyl (C=O) groups is 2. The third kappa shape index (κ3) is 4.96. The lowest BCUT2D eigenvalue weighted by molar-refractivity contribution is -0.136. The normalized spacial score (nSPS) is 23.9. The first-order valence-corrected chi connectivity index (χ1v) is 8.39. The van der Waals surface area contributed by atoms with Crippen molar-refractivity contribution in [2.75, 3.05) is 13.6 Å². The lowest BCUT2D eigenvalue weighted by Gasteiger charge is -2.34. The van der Waals surface area contributed by atoms with Crippen LogP contribution in [0, 0.1) is 0 Å². The Morgan fingerprint density at radius 2 is 1.92 bits per heavy atom. The van der Waals surface area contributed by atoms with Crippen molar-refractivity contribution < 1.29 is 19.4 Å². The minimum Gasteiger partial charge on any atom is -0.488 e. The number of nitrogens with one attached hydrogen (secondary N) is 1. The number of aliphatic hydroxyl groups is 1. The number of hydrogen-bond acceptors (Lipinski definition) is 4. The van der Waals surface area contributed by atoms with Crippen LogP contribution < -0.4 is 10.1 Å². The molecule has 0 spiro atoms. The van der Waals surface area contributed by atoms with E-state index >= 15 is 0 Å². The molecule has 0 aliphatic heterocycles. The Kier molecular flexibility index (Phi) is 6.61. The summed E-state index contributed by atoms with van der Waals surface area (Å²) < 4.78 is 5.95. The summed E-state index contributed by atoms with van der Waals surface area (Å²) in [6.45, 7) is 1.32. The number of carbonyl (C=O) groups excluding carboxylic acids is 2. The van der Waals surface area contributed by atoms with E-state index in [1.54, 1.807) is 7.05 Å². The largest absolute Gasteiger partial charge is 0.488 e. The van der Waals surface area contributed by atoms with Crippen molar-refractivity contribution in [2.45, 2.75) is 50.9 Å². The van der Waals surface area contributed by atoms with Crippen molar-refractivity contribution in [3.05, 3.63) is 30.3 Å². The summed E-state index contributed by atoms with van der Waals surface area (Å²) in [4.78, 5) is 24.7. The first-order valence-electron chi connectivity index (χ1n) is 8.39. The van der Waals surface area contributed by atoms with Crippen LogP contribution in [-0.2, 0) is 9.59 Å². The highest BCUT2D eigenvalue weighted by atomic mass is 16.5. The van der Waals surface area contributed by atoms with Crippen LogP contribution in [-0.4, -0.2) is 53.7 Å². The molecule has 6 nitrogen and oxygen atoms in total. The molecule has 0 saturated heterocycles. The van der Waals surface area contributed by atoms with Gasteiger partial charge < -0.3 is 20.1 Å². The van der Waals surface area contributed by atoms with E-state index in [-0.39, 0.29) is 30.5 Å². The standard InChI is InChI=1S/C18H26N2O4/c1-13(21)19-12-17(22)20(2)15-10-6-7-11-16(18(15)23)24-14-8-4-3-5-9-14/h3-5,8-9,15-16,18,23H,6-7,10-12H2,1-2H3,(H,19,21)/t15-,16-,18-/m1/s1. The molecular formula is C18H26N2O4. The molecule has 1 aromatic carbocycles. The number of rotatable bonds is 5. The fourth-order valence-corrected chi connectivity index (χ4v) is 3.02. The highest BCUT2D eigenvalue weighted by molar-refractivity contribution is 5.83. The van der Waals surface area contributed by atoms with Crippen molar-refractivity contribution in [3.63, 3.8) is 0 Å². The average molecular weight is 334 g/mol. The Morgan fingerprint density at radius 3 is 2.58 bits per heavy atom. The first kappa shape index (κ1) is 18.3. The van der Waals surface area contributed by atoms with Crippen molar-refractivity contribution in [3.8, 4) is 5.75 Å². The van der Waals surface area contributed by atoms with Crippen LogP contribution in [0.3, 0.4) is 0 Å². The van der Waals surface area contributed by atoms with Crippen molar-refractivity contribution in [1.29, 1.82) is 0 Å². The zero-order valence-corrected chi connectivity index (χ0v) is 14.3. The Bertz CT molecular complexity index is 549. The molecule has 0 radical (unpaired) electrons. The van der Waals surface area contributed by atoms with Gasteiger partial charge in [0, 0.05) is 14.0 Å². The Hall–Kier alpha value is -2.08. The second-order valence-electron chi connectivity index (χ2n) is 6.23. The van der Waals surface area contributed by atoms with Crippen LogP contribution in [0.1, 0.15) is 32.6 Å². The van der Waals surface area contributed by atoms with E-state index in [2.05, 4.69) is 5.32 Å². The molecule has 0 heterocycles. The maximum atomic E-state index is 12.2. The second-order valence-corrected chi connectivity index (χ2v) is 6.23. The number of amides is 2. The summed E-state index contributed by atoms with van der Waals surface area (Å²) in [5.41, 5.74) is 0. The van der Waals surface area contributed by atoms with E-state index < -0.39 is 6.10 Å². The zero-order chi connectivity index (χ0) is 17.5. The number of nitrogens with zero attached hydrogens (tertiary/aromatic N) is 1. The van der Waals surface area contributed by atoms with Crippen LogP contribution in [0.25, 0.3) is 0 Å². The molecule has 2 N–H and O–H groups in total. The number of aliphatic hydroxyl groups excluding tert-OH is 1. The van der Waals surface area contributed by atoms with Crippen molar-refractivity contribution in [2.24, 2.45) is 0 Å². The average Bonchev–Trinajstić information content (AvgIpc) is 2.75. The summed E-state index contributed by atoms with van der Waals surface area (Å²) in [6, 6.07) is 9.09. The zero-order valence-electron chi connectivity index (χ0n) is 14.3. The van der Waals surface area contributed by atoms with Crippen molar-refractivity contribution >= 4 is 11.8 Å². The van der Waals surface area contributed by atoms with Gasteiger partial charge in [-0.3, -0.25) is 9.59 Å². The Balaban J connectivity index is 2.03. The smallest absolute Gasteiger partial charge is 0.242 e. The number of likely N-dealkylation sites (N-methyl/N-ethyl adjacent to an activating group) is 1. The molecule has 1 aromatic rings. The molecule has 6 heteroatoms. The van der Waals surface area contributed by atoms with Gasteiger partial charge in [0.05, 0.1) is 12.6 Å². The summed E-state index contributed by atoms with van der Waals surface area (Å²) in [6.07, 6.45) is 2.22. The van der Waals surface area contributed by atoms with Crippen molar-refractivity contribution in [1.82, 2.24) is 10.2 Å². The fraction of sp³-hybridized carbons (Fsp3) is 0.556. The lowest BCUT2D eigenvalue weighted by Crippen LogP contribution is -2.52. The van der Waals surface area contributed by atoms with Gasteiger partial charge in [0.15, 0.2) is 0 Å². The Labute approximate surface area is 142 Å². The molecule has 0 bridgehead atoms. The first-order chi connectivity index (χ1) is 11.5. The predicted molar refractivity (Wildman–Crippen MR) is 90.6 cm³/mol. The van der Waals surface area contributed by atoms with Gasteiger partial charge in [-0.25, -0.2) is 0 Å². The molecule has 1 fully saturated rings. The maximum absolute atomic E-state index is 12.2. The van der Waals surface area contributed by atoms with Gasteiger partial charge in [-0.15, -0.1) is 0 Å². The van der Waals surface area contributed by atoms with Gasteiger partial charge in [-0.2, -0.15) is 0 Å². The summed E-state index contributed by atoms with van der Waals surface area (Å²) in [5, 5.41) is 13.3. The number of benzene rings is 1. The maximum Gasteiger partial charge on any atom is 0.242 e. The van der Waals surface area contributed by atoms with Gasteiger partial charge in [0.25, 0.3) is 0 Å². The molecule has 0 unspecified atom stereocenters. The van der Waals surface area contributed by atoms with Crippen LogP contribution in [0.15, 0.2) is 30.3 Å². The van der Waals surface area contributed by atoms with E-state index in [1.165, 1.54) is 11.8 Å². The van der Waals surface area contributed by atoms with Crippen LogP contribution >= 0.6 is 0 Å². The third-order valence-corrected chi connectivity index (χ3v) is 4.42. The van der Waals surface area contributed by atoms with Crippen LogP contribution in [0.4, 0.5) is 0 Å². The minimum absolute atomic E-state index is 0.0563. The molecule has 0 aromatic heterocycles. The molecule has 1 aliphatic rings. The number of para-hydroxylation sites is 1. The number of ether oxygens (including phenoxy) is 1. The van der Waals surface area contributed by atoms with Gasteiger partial charge in [-0.05, 0) is 31.4 Å². The molecular weight excluding hydrogens is 308 g/mol. The highest BCUT2D eigenvalue weighted by Gasteiger charge is 2.35. The summed E-state index contributed by atoms with van der Waals surface area (Å²) >= 11 is 0. The van der Waals surface area contributed by atoms with E-state index in [9.17, 15) is 14.7 Å². The number of hydrogen-bond donors (Lipinski definition) is 2. The molecule has 132 valence electrons. The van der Waals surface area contributed by atoms with Gasteiger partial charge >= 0.3 is 0 Å². The van der Waals surface area contributed by atoms with E-state index in [4.69, 9.17) is 4.74 Å². The molecule has 1 aliphatic carbocycles.